The van der Waals surface area contributed by atoms with Crippen molar-refractivity contribution >= 4 is 32.7 Å². The average molecular weight is 701 g/mol. The summed E-state index contributed by atoms with van der Waals surface area (Å²) in [5.74, 6) is 1.74. The Morgan fingerprint density at radius 3 is 1.82 bits per heavy atom. The van der Waals surface area contributed by atoms with E-state index in [2.05, 4.69) is 182 Å². The summed E-state index contributed by atoms with van der Waals surface area (Å²) in [6.07, 6.45) is 0. The van der Waals surface area contributed by atoms with Crippen molar-refractivity contribution in [2.24, 2.45) is 0 Å². The third kappa shape index (κ3) is 4.14. The van der Waals surface area contributed by atoms with E-state index in [1.807, 2.05) is 12.1 Å². The van der Waals surface area contributed by atoms with Crippen LogP contribution in [-0.4, -0.2) is 0 Å². The minimum atomic E-state index is -0.453. The molecule has 0 saturated carbocycles. The molecular formula is C53H32O2. The van der Waals surface area contributed by atoms with E-state index in [9.17, 15) is 0 Å². The van der Waals surface area contributed by atoms with Gasteiger partial charge in [-0.05, 0) is 91.4 Å². The first-order valence-corrected chi connectivity index (χ1v) is 18.9. The van der Waals surface area contributed by atoms with Crippen LogP contribution in [-0.2, 0) is 5.41 Å². The molecule has 0 unspecified atom stereocenters. The summed E-state index contributed by atoms with van der Waals surface area (Å²) in [7, 11) is 0. The van der Waals surface area contributed by atoms with Crippen LogP contribution in [0.3, 0.4) is 0 Å². The SMILES string of the molecule is c1ccc(C2(c3ccccc3)c3ccccc3-c3c(-c4ccc5c(c4)-c4cccc6c(-c7cccc8c7oc7ccccc78)ccc(c46)O5)cccc32)cc1. The number of furan rings is 1. The van der Waals surface area contributed by atoms with Crippen LogP contribution in [0.15, 0.2) is 199 Å². The van der Waals surface area contributed by atoms with Crippen molar-refractivity contribution in [3.63, 3.8) is 0 Å². The Hall–Kier alpha value is -7.16. The predicted molar refractivity (Wildman–Crippen MR) is 225 cm³/mol. The molecule has 2 nitrogen and oxygen atoms in total. The monoisotopic (exact) mass is 700 g/mol. The number of rotatable bonds is 4. The number of benzene rings is 9. The number of hydrogen-bond acceptors (Lipinski definition) is 2. The van der Waals surface area contributed by atoms with Crippen molar-refractivity contribution in [2.75, 3.05) is 0 Å². The van der Waals surface area contributed by atoms with E-state index in [4.69, 9.17) is 9.15 Å². The van der Waals surface area contributed by atoms with Crippen molar-refractivity contribution < 1.29 is 9.15 Å². The Kier molecular flexibility index (Phi) is 6.29. The van der Waals surface area contributed by atoms with Gasteiger partial charge in [-0.3, -0.25) is 0 Å². The smallest absolute Gasteiger partial charge is 0.143 e. The maximum atomic E-state index is 6.74. The fourth-order valence-electron chi connectivity index (χ4n) is 9.73. The minimum absolute atomic E-state index is 0.453. The van der Waals surface area contributed by atoms with Crippen LogP contribution in [0, 0.1) is 0 Å². The molecule has 0 N–H and O–H groups in total. The Morgan fingerprint density at radius 1 is 0.364 bits per heavy atom. The van der Waals surface area contributed by atoms with Crippen molar-refractivity contribution in [1.82, 2.24) is 0 Å². The molecule has 256 valence electrons. The molecule has 0 fully saturated rings. The first kappa shape index (κ1) is 30.3. The van der Waals surface area contributed by atoms with Gasteiger partial charge in [0.2, 0.25) is 0 Å². The lowest BCUT2D eigenvalue weighted by Gasteiger charge is -2.34. The van der Waals surface area contributed by atoms with Crippen molar-refractivity contribution in [2.45, 2.75) is 5.41 Å². The summed E-state index contributed by atoms with van der Waals surface area (Å²) in [6, 6.07) is 70.2. The molecular weight excluding hydrogens is 669 g/mol. The molecule has 0 radical (unpaired) electrons. The lowest BCUT2D eigenvalue weighted by Crippen LogP contribution is -2.28. The maximum absolute atomic E-state index is 6.74. The van der Waals surface area contributed by atoms with Gasteiger partial charge in [0.25, 0.3) is 0 Å². The van der Waals surface area contributed by atoms with Crippen molar-refractivity contribution in [3.8, 4) is 56.0 Å². The Morgan fingerprint density at radius 2 is 0.982 bits per heavy atom. The molecule has 12 rings (SSSR count). The largest absolute Gasteiger partial charge is 0.456 e. The van der Waals surface area contributed by atoms with Crippen molar-refractivity contribution in [1.29, 1.82) is 0 Å². The number of hydrogen-bond donors (Lipinski definition) is 0. The number of fused-ring (bicyclic) bond motifs is 8. The van der Waals surface area contributed by atoms with E-state index in [0.717, 1.165) is 66.5 Å². The fourth-order valence-corrected chi connectivity index (χ4v) is 9.73. The zero-order chi connectivity index (χ0) is 36.1. The highest BCUT2D eigenvalue weighted by Crippen LogP contribution is 2.59. The molecule has 0 atom stereocenters. The molecule has 2 heteroatoms. The lowest BCUT2D eigenvalue weighted by molar-refractivity contribution is 0.487. The average Bonchev–Trinajstić information content (AvgIpc) is 3.79. The zero-order valence-corrected chi connectivity index (χ0v) is 29.8. The second-order valence-electron chi connectivity index (χ2n) is 14.7. The number of ether oxygens (including phenoxy) is 1. The van der Waals surface area contributed by atoms with E-state index < -0.39 is 5.41 Å². The normalized spacial score (nSPS) is 13.4. The quantitative estimate of drug-likeness (QED) is 0.182. The van der Waals surface area contributed by atoms with Crippen LogP contribution in [0.25, 0.3) is 77.2 Å². The summed E-state index contributed by atoms with van der Waals surface area (Å²) in [6.45, 7) is 0. The van der Waals surface area contributed by atoms with Gasteiger partial charge in [0.05, 0.1) is 5.41 Å². The summed E-state index contributed by atoms with van der Waals surface area (Å²) in [5, 5.41) is 4.52. The molecule has 1 aromatic heterocycles. The fraction of sp³-hybridized carbons (Fsp3) is 0.0189. The van der Waals surface area contributed by atoms with E-state index in [-0.39, 0.29) is 0 Å². The summed E-state index contributed by atoms with van der Waals surface area (Å²) in [4.78, 5) is 0. The van der Waals surface area contributed by atoms with Crippen molar-refractivity contribution in [3.05, 3.63) is 216 Å². The first-order valence-electron chi connectivity index (χ1n) is 18.9. The molecule has 10 aromatic rings. The molecule has 55 heavy (non-hydrogen) atoms. The summed E-state index contributed by atoms with van der Waals surface area (Å²) in [5.41, 5.74) is 15.9. The third-order valence-corrected chi connectivity index (χ3v) is 12.0. The molecule has 0 amide bonds. The highest BCUT2D eigenvalue weighted by atomic mass is 16.5. The molecule has 2 heterocycles. The molecule has 0 bridgehead atoms. The van der Waals surface area contributed by atoms with Gasteiger partial charge in [0, 0.05) is 27.3 Å². The molecule has 1 aliphatic heterocycles. The molecule has 9 aromatic carbocycles. The number of para-hydroxylation sites is 2. The summed E-state index contributed by atoms with van der Waals surface area (Å²) >= 11 is 0. The highest BCUT2D eigenvalue weighted by Gasteiger charge is 2.46. The zero-order valence-electron chi connectivity index (χ0n) is 29.8. The minimum Gasteiger partial charge on any atom is -0.456 e. The van der Waals surface area contributed by atoms with Gasteiger partial charge in [-0.2, -0.15) is 0 Å². The Labute approximate surface area is 318 Å². The Balaban J connectivity index is 1.07. The van der Waals surface area contributed by atoms with Crippen LogP contribution < -0.4 is 4.74 Å². The highest BCUT2D eigenvalue weighted by molar-refractivity contribution is 6.15. The van der Waals surface area contributed by atoms with Gasteiger partial charge in [-0.25, -0.2) is 0 Å². The van der Waals surface area contributed by atoms with E-state index >= 15 is 0 Å². The Bertz CT molecular complexity index is 3130. The van der Waals surface area contributed by atoms with E-state index in [0.29, 0.717) is 0 Å². The standard InChI is InChI=1S/C53H32O2/c1-3-14-34(15-4-1)53(35-16-5-2-6-17-35)45-25-9-7-19-43(45)50-36(20-13-26-46(50)53)33-28-30-48-44(32-33)40-22-11-21-39-37(29-31-49(54-48)51(39)40)41-23-12-24-42-38-18-8-10-27-47(38)55-52(41)42/h1-32H. The van der Waals surface area contributed by atoms with Crippen LogP contribution in [0.4, 0.5) is 0 Å². The topological polar surface area (TPSA) is 22.4 Å². The molecule has 1 aliphatic carbocycles. The van der Waals surface area contributed by atoms with E-state index in [1.54, 1.807) is 0 Å². The molecule has 0 spiro atoms. The third-order valence-electron chi connectivity index (χ3n) is 12.0. The van der Waals surface area contributed by atoms with Gasteiger partial charge in [-0.1, -0.05) is 164 Å². The second-order valence-corrected chi connectivity index (χ2v) is 14.7. The van der Waals surface area contributed by atoms with Gasteiger partial charge in [0.15, 0.2) is 0 Å². The second kappa shape index (κ2) is 11.4. The summed E-state index contributed by atoms with van der Waals surface area (Å²) < 4.78 is 13.3. The van der Waals surface area contributed by atoms with Gasteiger partial charge >= 0.3 is 0 Å². The first-order chi connectivity index (χ1) is 27.3. The van der Waals surface area contributed by atoms with Crippen LogP contribution in [0.5, 0.6) is 11.5 Å². The molecule has 0 saturated heterocycles. The van der Waals surface area contributed by atoms with Gasteiger partial charge < -0.3 is 9.15 Å². The molecule has 2 aliphatic rings. The van der Waals surface area contributed by atoms with Crippen LogP contribution in [0.2, 0.25) is 0 Å². The maximum Gasteiger partial charge on any atom is 0.143 e. The van der Waals surface area contributed by atoms with Crippen LogP contribution >= 0.6 is 0 Å². The lowest BCUT2D eigenvalue weighted by atomic mass is 9.67. The van der Waals surface area contributed by atoms with Gasteiger partial charge in [-0.15, -0.1) is 0 Å². The van der Waals surface area contributed by atoms with Crippen LogP contribution in [0.1, 0.15) is 22.3 Å². The van der Waals surface area contributed by atoms with Gasteiger partial charge in [0.1, 0.15) is 22.7 Å². The predicted octanol–water partition coefficient (Wildman–Crippen LogP) is 14.2. The van der Waals surface area contributed by atoms with E-state index in [1.165, 1.54) is 44.5 Å².